The monoisotopic (exact) mass is 463 g/mol. The molecule has 9 heteroatoms. The molecule has 1 saturated heterocycles. The summed E-state index contributed by atoms with van der Waals surface area (Å²) in [5.41, 5.74) is 2.61. The highest BCUT2D eigenvalue weighted by Crippen LogP contribution is 2.37. The Morgan fingerprint density at radius 2 is 2.00 bits per heavy atom. The van der Waals surface area contributed by atoms with Crippen LogP contribution in [0.25, 0.3) is 10.9 Å². The minimum atomic E-state index is -0.264. The quantitative estimate of drug-likeness (QED) is 0.581. The number of fused-ring (bicyclic) bond motifs is 2. The van der Waals surface area contributed by atoms with Crippen molar-refractivity contribution < 1.29 is 18.7 Å². The van der Waals surface area contributed by atoms with Gasteiger partial charge in [-0.05, 0) is 36.8 Å². The summed E-state index contributed by atoms with van der Waals surface area (Å²) in [5, 5.41) is 3.98. The molecular weight excluding hydrogens is 437 g/mol. The molecule has 2 aliphatic rings. The van der Waals surface area contributed by atoms with Gasteiger partial charge in [0.1, 0.15) is 30.3 Å². The minimum absolute atomic E-state index is 0.0994. The molecule has 0 aliphatic carbocycles. The van der Waals surface area contributed by atoms with E-state index in [0.29, 0.717) is 53.7 Å². The standard InChI is InChI=1S/C25H26FN5O3/c1-17-13-18(4-5-20(17)26)29-25-19-14-22-23(15-21(19)27-16-28-25)34-12-9-31(22)24(32)3-2-6-30-7-10-33-11-8-30/h2-5,13-16H,6-12H2,1H3,(H,27,28,29)/b3-2+. The van der Waals surface area contributed by atoms with E-state index in [4.69, 9.17) is 9.47 Å². The van der Waals surface area contributed by atoms with E-state index < -0.39 is 0 Å². The van der Waals surface area contributed by atoms with Crippen molar-refractivity contribution in [3.8, 4) is 5.75 Å². The maximum Gasteiger partial charge on any atom is 0.250 e. The van der Waals surface area contributed by atoms with E-state index >= 15 is 0 Å². The number of carbonyl (C=O) groups is 1. The Balaban J connectivity index is 1.41. The number of rotatable bonds is 5. The van der Waals surface area contributed by atoms with Crippen molar-refractivity contribution in [2.24, 2.45) is 0 Å². The van der Waals surface area contributed by atoms with Gasteiger partial charge in [0.2, 0.25) is 0 Å². The Bertz CT molecular complexity index is 1240. The van der Waals surface area contributed by atoms with Gasteiger partial charge in [-0.15, -0.1) is 0 Å². The average molecular weight is 464 g/mol. The van der Waals surface area contributed by atoms with Crippen LogP contribution in [-0.4, -0.2) is 66.8 Å². The Morgan fingerprint density at radius 1 is 1.15 bits per heavy atom. The van der Waals surface area contributed by atoms with Gasteiger partial charge in [0, 0.05) is 42.9 Å². The molecule has 5 rings (SSSR count). The van der Waals surface area contributed by atoms with Crippen molar-refractivity contribution in [3.05, 3.63) is 60.2 Å². The van der Waals surface area contributed by atoms with E-state index in [1.807, 2.05) is 18.2 Å². The summed E-state index contributed by atoms with van der Waals surface area (Å²) in [6.45, 7) is 6.47. The lowest BCUT2D eigenvalue weighted by atomic mass is 10.1. The van der Waals surface area contributed by atoms with Crippen LogP contribution in [0.2, 0.25) is 0 Å². The van der Waals surface area contributed by atoms with Gasteiger partial charge in [0.15, 0.2) is 0 Å². The maximum absolute atomic E-state index is 13.7. The van der Waals surface area contributed by atoms with E-state index in [1.54, 1.807) is 30.0 Å². The number of halogens is 1. The molecule has 8 nitrogen and oxygen atoms in total. The Kier molecular flexibility index (Phi) is 6.37. The van der Waals surface area contributed by atoms with Crippen LogP contribution in [0.4, 0.5) is 21.6 Å². The van der Waals surface area contributed by atoms with Gasteiger partial charge in [-0.1, -0.05) is 6.08 Å². The summed E-state index contributed by atoms with van der Waals surface area (Å²) in [5.74, 6) is 0.813. The van der Waals surface area contributed by atoms with Gasteiger partial charge >= 0.3 is 0 Å². The molecule has 1 aromatic heterocycles. The molecule has 176 valence electrons. The normalized spacial score (nSPS) is 16.5. The van der Waals surface area contributed by atoms with Crippen LogP contribution in [0.1, 0.15) is 5.56 Å². The molecular formula is C25H26FN5O3. The fourth-order valence-corrected chi connectivity index (χ4v) is 4.13. The second-order valence-corrected chi connectivity index (χ2v) is 8.30. The summed E-state index contributed by atoms with van der Waals surface area (Å²) in [6, 6.07) is 8.49. The lowest BCUT2D eigenvalue weighted by molar-refractivity contribution is -0.114. The summed E-state index contributed by atoms with van der Waals surface area (Å²) in [7, 11) is 0. The van der Waals surface area contributed by atoms with Gasteiger partial charge in [-0.25, -0.2) is 14.4 Å². The first kappa shape index (κ1) is 22.2. The first-order valence-electron chi connectivity index (χ1n) is 11.3. The molecule has 0 bridgehead atoms. The highest BCUT2D eigenvalue weighted by Gasteiger charge is 2.24. The SMILES string of the molecule is Cc1cc(Nc2ncnc3cc4c(cc23)N(C(=O)/C=C/CN2CCOCC2)CCO4)ccc1F. The number of hydrogen-bond donors (Lipinski definition) is 1. The number of nitrogens with zero attached hydrogens (tertiary/aromatic N) is 4. The third kappa shape index (κ3) is 4.71. The van der Waals surface area contributed by atoms with E-state index in [2.05, 4.69) is 20.2 Å². The molecule has 3 aromatic rings. The molecule has 0 saturated carbocycles. The van der Waals surface area contributed by atoms with Gasteiger partial charge in [0.25, 0.3) is 5.91 Å². The number of aromatic nitrogens is 2. The number of nitrogens with one attached hydrogen (secondary N) is 1. The number of aryl methyl sites for hydroxylation is 1. The highest BCUT2D eigenvalue weighted by molar-refractivity contribution is 6.05. The number of carbonyl (C=O) groups excluding carboxylic acids is 1. The number of benzene rings is 2. The fraction of sp³-hybridized carbons (Fsp3) is 0.320. The lowest BCUT2D eigenvalue weighted by Crippen LogP contribution is -2.38. The Labute approximate surface area is 197 Å². The third-order valence-corrected chi connectivity index (χ3v) is 5.99. The predicted molar refractivity (Wildman–Crippen MR) is 128 cm³/mol. The van der Waals surface area contributed by atoms with Crippen molar-refractivity contribution in [2.75, 3.05) is 56.2 Å². The lowest BCUT2D eigenvalue weighted by Gasteiger charge is -2.29. The van der Waals surface area contributed by atoms with Crippen LogP contribution in [0, 0.1) is 12.7 Å². The summed E-state index contributed by atoms with van der Waals surface area (Å²) >= 11 is 0. The molecule has 0 unspecified atom stereocenters. The second kappa shape index (κ2) is 9.74. The molecule has 3 heterocycles. The van der Waals surface area contributed by atoms with Crippen LogP contribution in [-0.2, 0) is 9.53 Å². The van der Waals surface area contributed by atoms with E-state index in [1.165, 1.54) is 12.4 Å². The van der Waals surface area contributed by atoms with Crippen LogP contribution in [0.5, 0.6) is 5.75 Å². The summed E-state index contributed by atoms with van der Waals surface area (Å²) in [6.07, 6.45) is 4.99. The van der Waals surface area contributed by atoms with Gasteiger partial charge in [0.05, 0.1) is 31.0 Å². The molecule has 2 aromatic carbocycles. The van der Waals surface area contributed by atoms with Crippen LogP contribution in [0.3, 0.4) is 0 Å². The van der Waals surface area contributed by atoms with Crippen molar-refractivity contribution in [1.82, 2.24) is 14.9 Å². The van der Waals surface area contributed by atoms with E-state index in [9.17, 15) is 9.18 Å². The summed E-state index contributed by atoms with van der Waals surface area (Å²) in [4.78, 5) is 25.8. The fourth-order valence-electron chi connectivity index (χ4n) is 4.13. The number of hydrogen-bond acceptors (Lipinski definition) is 7. The van der Waals surface area contributed by atoms with Crippen molar-refractivity contribution in [3.63, 3.8) is 0 Å². The van der Waals surface area contributed by atoms with Crippen LogP contribution in [0.15, 0.2) is 48.8 Å². The Hall–Kier alpha value is -3.56. The molecule has 2 aliphatic heterocycles. The smallest absolute Gasteiger partial charge is 0.250 e. The maximum atomic E-state index is 13.7. The number of morpholine rings is 1. The number of ether oxygens (including phenoxy) is 2. The largest absolute Gasteiger partial charge is 0.489 e. The molecule has 34 heavy (non-hydrogen) atoms. The molecule has 0 atom stereocenters. The topological polar surface area (TPSA) is 79.8 Å². The summed E-state index contributed by atoms with van der Waals surface area (Å²) < 4.78 is 24.9. The van der Waals surface area contributed by atoms with Crippen molar-refractivity contribution in [1.29, 1.82) is 0 Å². The van der Waals surface area contributed by atoms with Gasteiger partial charge in [-0.3, -0.25) is 9.69 Å². The third-order valence-electron chi connectivity index (χ3n) is 5.99. The highest BCUT2D eigenvalue weighted by atomic mass is 19.1. The first-order valence-corrected chi connectivity index (χ1v) is 11.3. The van der Waals surface area contributed by atoms with E-state index in [-0.39, 0.29) is 11.7 Å². The van der Waals surface area contributed by atoms with Crippen molar-refractivity contribution in [2.45, 2.75) is 6.92 Å². The Morgan fingerprint density at radius 3 is 2.82 bits per heavy atom. The van der Waals surface area contributed by atoms with Crippen molar-refractivity contribution >= 4 is 34.0 Å². The van der Waals surface area contributed by atoms with E-state index in [0.717, 1.165) is 31.7 Å². The first-order chi connectivity index (χ1) is 16.6. The van der Waals surface area contributed by atoms with Crippen LogP contribution >= 0.6 is 0 Å². The van der Waals surface area contributed by atoms with Gasteiger partial charge in [-0.2, -0.15) is 0 Å². The zero-order valence-corrected chi connectivity index (χ0v) is 19.0. The molecule has 0 radical (unpaired) electrons. The molecule has 1 N–H and O–H groups in total. The second-order valence-electron chi connectivity index (χ2n) is 8.30. The number of anilines is 3. The molecule has 1 fully saturated rings. The predicted octanol–water partition coefficient (Wildman–Crippen LogP) is 3.43. The minimum Gasteiger partial charge on any atom is -0.489 e. The van der Waals surface area contributed by atoms with Crippen LogP contribution < -0.4 is 15.0 Å². The average Bonchev–Trinajstić information content (AvgIpc) is 2.85. The van der Waals surface area contributed by atoms with Gasteiger partial charge < -0.3 is 19.7 Å². The molecule has 1 amide bonds. The molecule has 0 spiro atoms. The zero-order chi connectivity index (χ0) is 23.5. The zero-order valence-electron chi connectivity index (χ0n) is 19.0. The number of amides is 1.